The molecule has 0 aliphatic carbocycles. The van der Waals surface area contributed by atoms with Gasteiger partial charge >= 0.3 is 5.97 Å². The molecule has 0 amide bonds. The molecule has 3 nitrogen and oxygen atoms in total. The number of methoxy groups -OCH3 is 1. The van der Waals surface area contributed by atoms with Crippen LogP contribution in [0, 0.1) is 0 Å². The first-order valence-corrected chi connectivity index (χ1v) is 6.11. The highest BCUT2D eigenvalue weighted by Crippen LogP contribution is 2.20. The van der Waals surface area contributed by atoms with Gasteiger partial charge in [0.15, 0.2) is 0 Å². The van der Waals surface area contributed by atoms with Crippen molar-refractivity contribution in [1.82, 2.24) is 4.90 Å². The van der Waals surface area contributed by atoms with Gasteiger partial charge in [-0.2, -0.15) is 0 Å². The zero-order chi connectivity index (χ0) is 12.3. The number of hydrogen-bond acceptors (Lipinski definition) is 3. The van der Waals surface area contributed by atoms with E-state index in [-0.39, 0.29) is 12.0 Å². The van der Waals surface area contributed by atoms with Gasteiger partial charge in [-0.3, -0.25) is 9.69 Å². The van der Waals surface area contributed by atoms with Crippen molar-refractivity contribution in [3.63, 3.8) is 0 Å². The Labute approximate surface area is 102 Å². The Kier molecular flexibility index (Phi) is 3.79. The summed E-state index contributed by atoms with van der Waals surface area (Å²) >= 11 is 0. The molecule has 1 heterocycles. The molecule has 1 aliphatic rings. The third-order valence-corrected chi connectivity index (χ3v) is 3.47. The lowest BCUT2D eigenvalue weighted by molar-refractivity contribution is -0.146. The average Bonchev–Trinajstić information content (AvgIpc) is 2.58. The monoisotopic (exact) mass is 233 g/mol. The average molecular weight is 233 g/mol. The summed E-state index contributed by atoms with van der Waals surface area (Å²) in [5, 5.41) is 0. The van der Waals surface area contributed by atoms with E-state index in [0.717, 1.165) is 25.9 Å². The lowest BCUT2D eigenvalue weighted by Crippen LogP contribution is -2.39. The number of nitrogens with zero attached hydrogens (tertiary/aromatic N) is 1. The Balaban J connectivity index is 2.15. The number of ether oxygens (including phenoxy) is 1. The van der Waals surface area contributed by atoms with Crippen molar-refractivity contribution in [1.29, 1.82) is 0 Å². The van der Waals surface area contributed by atoms with Gasteiger partial charge in [0.2, 0.25) is 0 Å². The van der Waals surface area contributed by atoms with Crippen LogP contribution >= 0.6 is 0 Å². The number of fused-ring (bicyclic) bond motifs is 1. The van der Waals surface area contributed by atoms with Crippen LogP contribution in [0.25, 0.3) is 0 Å². The van der Waals surface area contributed by atoms with E-state index >= 15 is 0 Å². The molecule has 0 saturated carbocycles. The molecule has 0 spiro atoms. The molecule has 0 saturated heterocycles. The van der Waals surface area contributed by atoms with E-state index in [9.17, 15) is 4.79 Å². The van der Waals surface area contributed by atoms with E-state index in [2.05, 4.69) is 29.2 Å². The summed E-state index contributed by atoms with van der Waals surface area (Å²) in [5.41, 5.74) is 2.74. The summed E-state index contributed by atoms with van der Waals surface area (Å²) < 4.78 is 4.81. The molecule has 0 fully saturated rings. The molecule has 3 heteroatoms. The maximum atomic E-state index is 11.6. The zero-order valence-corrected chi connectivity index (χ0v) is 10.5. The van der Waals surface area contributed by atoms with E-state index in [1.807, 2.05) is 6.92 Å². The van der Waals surface area contributed by atoms with Gasteiger partial charge in [-0.1, -0.05) is 24.3 Å². The zero-order valence-electron chi connectivity index (χ0n) is 10.5. The summed E-state index contributed by atoms with van der Waals surface area (Å²) in [6, 6.07) is 8.31. The summed E-state index contributed by atoms with van der Waals surface area (Å²) in [6.45, 7) is 3.71. The van der Waals surface area contributed by atoms with Crippen molar-refractivity contribution in [2.75, 3.05) is 13.7 Å². The normalized spacial score (nSPS) is 18.0. The number of aryl methyl sites for hydroxylation is 1. The summed E-state index contributed by atoms with van der Waals surface area (Å²) in [5.74, 6) is -0.149. The Morgan fingerprint density at radius 2 is 2.06 bits per heavy atom. The number of benzene rings is 1. The van der Waals surface area contributed by atoms with Gasteiger partial charge in [0, 0.05) is 6.54 Å². The lowest BCUT2D eigenvalue weighted by Gasteiger charge is -2.25. The van der Waals surface area contributed by atoms with Crippen molar-refractivity contribution in [3.8, 4) is 0 Å². The molecule has 92 valence electrons. The molecule has 0 bridgehead atoms. The number of carbonyl (C=O) groups excluding carboxylic acids is 1. The molecular weight excluding hydrogens is 214 g/mol. The Morgan fingerprint density at radius 3 is 2.76 bits per heavy atom. The van der Waals surface area contributed by atoms with Crippen LogP contribution in [0.4, 0.5) is 0 Å². The lowest BCUT2D eigenvalue weighted by atomic mass is 10.0. The van der Waals surface area contributed by atoms with Crippen molar-refractivity contribution in [2.24, 2.45) is 0 Å². The number of hydrogen-bond donors (Lipinski definition) is 0. The first kappa shape index (κ1) is 12.1. The van der Waals surface area contributed by atoms with Gasteiger partial charge < -0.3 is 4.74 Å². The van der Waals surface area contributed by atoms with Crippen LogP contribution in [0.2, 0.25) is 0 Å². The van der Waals surface area contributed by atoms with Crippen LogP contribution < -0.4 is 0 Å². The van der Waals surface area contributed by atoms with E-state index < -0.39 is 0 Å². The van der Waals surface area contributed by atoms with Gasteiger partial charge in [0.1, 0.15) is 6.04 Å². The van der Waals surface area contributed by atoms with Crippen molar-refractivity contribution < 1.29 is 9.53 Å². The van der Waals surface area contributed by atoms with Crippen LogP contribution in [-0.2, 0) is 22.5 Å². The van der Waals surface area contributed by atoms with Crippen molar-refractivity contribution in [3.05, 3.63) is 35.4 Å². The van der Waals surface area contributed by atoms with E-state index in [0.29, 0.717) is 0 Å². The molecule has 1 aromatic rings. The first-order valence-electron chi connectivity index (χ1n) is 6.11. The minimum atomic E-state index is -0.161. The third kappa shape index (κ3) is 2.67. The van der Waals surface area contributed by atoms with Crippen LogP contribution in [0.3, 0.4) is 0 Å². The van der Waals surface area contributed by atoms with Crippen molar-refractivity contribution >= 4 is 5.97 Å². The predicted molar refractivity (Wildman–Crippen MR) is 66.7 cm³/mol. The van der Waals surface area contributed by atoms with Crippen LogP contribution in [0.15, 0.2) is 24.3 Å². The first-order chi connectivity index (χ1) is 8.22. The molecule has 0 radical (unpaired) electrons. The second-order valence-electron chi connectivity index (χ2n) is 4.54. The molecular formula is C14H19NO2. The van der Waals surface area contributed by atoms with Crippen molar-refractivity contribution in [2.45, 2.75) is 32.4 Å². The highest BCUT2D eigenvalue weighted by molar-refractivity contribution is 5.75. The fraction of sp³-hybridized carbons (Fsp3) is 0.500. The molecule has 1 aliphatic heterocycles. The number of esters is 1. The van der Waals surface area contributed by atoms with Gasteiger partial charge in [-0.05, 0) is 37.4 Å². The maximum absolute atomic E-state index is 11.6. The molecule has 2 rings (SSSR count). The summed E-state index contributed by atoms with van der Waals surface area (Å²) in [7, 11) is 1.45. The second-order valence-corrected chi connectivity index (χ2v) is 4.54. The molecule has 1 atom stereocenters. The largest absolute Gasteiger partial charge is 0.468 e. The van der Waals surface area contributed by atoms with Gasteiger partial charge in [-0.15, -0.1) is 0 Å². The van der Waals surface area contributed by atoms with Gasteiger partial charge in [-0.25, -0.2) is 0 Å². The molecule has 1 unspecified atom stereocenters. The number of carbonyl (C=O) groups is 1. The quantitative estimate of drug-likeness (QED) is 0.732. The Morgan fingerprint density at radius 1 is 1.35 bits per heavy atom. The minimum Gasteiger partial charge on any atom is -0.468 e. The minimum absolute atomic E-state index is 0.149. The smallest absolute Gasteiger partial charge is 0.322 e. The van der Waals surface area contributed by atoms with E-state index in [4.69, 9.17) is 4.74 Å². The standard InChI is InChI=1S/C14H19NO2/c1-11(14(16)17-2)15-9-5-8-12-6-3-4-7-13(12)10-15/h3-4,6-7,11H,5,8-10H2,1-2H3. The molecule has 0 aromatic heterocycles. The maximum Gasteiger partial charge on any atom is 0.322 e. The number of rotatable bonds is 2. The van der Waals surface area contributed by atoms with Gasteiger partial charge in [0.05, 0.1) is 7.11 Å². The van der Waals surface area contributed by atoms with Crippen LogP contribution in [-0.4, -0.2) is 30.6 Å². The van der Waals surface area contributed by atoms with Crippen LogP contribution in [0.1, 0.15) is 24.5 Å². The fourth-order valence-electron chi connectivity index (χ4n) is 2.38. The van der Waals surface area contributed by atoms with E-state index in [1.54, 1.807) is 0 Å². The highest BCUT2D eigenvalue weighted by Gasteiger charge is 2.24. The highest BCUT2D eigenvalue weighted by atomic mass is 16.5. The summed E-state index contributed by atoms with van der Waals surface area (Å²) in [6.07, 6.45) is 2.19. The Bertz CT molecular complexity index is 403. The van der Waals surface area contributed by atoms with E-state index in [1.165, 1.54) is 18.2 Å². The predicted octanol–water partition coefficient (Wildman–Crippen LogP) is 2.00. The topological polar surface area (TPSA) is 29.5 Å². The summed E-state index contributed by atoms with van der Waals surface area (Å²) in [4.78, 5) is 13.8. The third-order valence-electron chi connectivity index (χ3n) is 3.47. The Hall–Kier alpha value is -1.35. The molecule has 17 heavy (non-hydrogen) atoms. The van der Waals surface area contributed by atoms with Crippen LogP contribution in [0.5, 0.6) is 0 Å². The molecule has 1 aromatic carbocycles. The SMILES string of the molecule is COC(=O)C(C)N1CCCc2ccccc2C1. The second kappa shape index (κ2) is 5.32. The molecule has 0 N–H and O–H groups in total. The fourth-order valence-corrected chi connectivity index (χ4v) is 2.38. The van der Waals surface area contributed by atoms with Gasteiger partial charge in [0.25, 0.3) is 0 Å².